The van der Waals surface area contributed by atoms with Crippen molar-refractivity contribution >= 4 is 11.7 Å². The SMILES string of the molecule is O=C(Nc1ccccc1)N1CCCC1c1nc(-c2ccccn2)no1. The molecule has 0 aliphatic carbocycles. The van der Waals surface area contributed by atoms with Crippen molar-refractivity contribution in [2.75, 3.05) is 11.9 Å². The number of benzene rings is 1. The second-order valence-electron chi connectivity index (χ2n) is 5.82. The third kappa shape index (κ3) is 3.21. The molecule has 0 saturated carbocycles. The van der Waals surface area contributed by atoms with Crippen LogP contribution in [0.15, 0.2) is 59.3 Å². The van der Waals surface area contributed by atoms with Gasteiger partial charge in [-0.2, -0.15) is 4.98 Å². The lowest BCUT2D eigenvalue weighted by Gasteiger charge is -2.22. The number of pyridine rings is 1. The van der Waals surface area contributed by atoms with Gasteiger partial charge in [0.2, 0.25) is 11.7 Å². The van der Waals surface area contributed by atoms with E-state index in [1.165, 1.54) is 0 Å². The summed E-state index contributed by atoms with van der Waals surface area (Å²) in [5.41, 5.74) is 1.41. The predicted molar refractivity (Wildman–Crippen MR) is 91.7 cm³/mol. The molecule has 4 rings (SSSR count). The Labute approximate surface area is 144 Å². The van der Waals surface area contributed by atoms with E-state index >= 15 is 0 Å². The number of amides is 2. The van der Waals surface area contributed by atoms with Crippen molar-refractivity contribution in [2.24, 2.45) is 0 Å². The summed E-state index contributed by atoms with van der Waals surface area (Å²) in [4.78, 5) is 23.0. The number of carbonyl (C=O) groups is 1. The highest BCUT2D eigenvalue weighted by molar-refractivity contribution is 5.89. The molecule has 2 aromatic heterocycles. The number of urea groups is 1. The Morgan fingerprint density at radius 2 is 2.00 bits per heavy atom. The molecule has 126 valence electrons. The maximum absolute atomic E-state index is 12.6. The Balaban J connectivity index is 1.52. The van der Waals surface area contributed by atoms with Crippen LogP contribution in [0.4, 0.5) is 10.5 Å². The summed E-state index contributed by atoms with van der Waals surface area (Å²) >= 11 is 0. The Hall–Kier alpha value is -3.22. The quantitative estimate of drug-likeness (QED) is 0.792. The van der Waals surface area contributed by atoms with Gasteiger partial charge >= 0.3 is 6.03 Å². The molecule has 1 aromatic carbocycles. The third-order valence-electron chi connectivity index (χ3n) is 4.16. The number of nitrogens with one attached hydrogen (secondary N) is 1. The van der Waals surface area contributed by atoms with Gasteiger partial charge in [-0.15, -0.1) is 0 Å². The number of nitrogens with zero attached hydrogens (tertiary/aromatic N) is 4. The summed E-state index contributed by atoms with van der Waals surface area (Å²) in [6.45, 7) is 0.657. The topological polar surface area (TPSA) is 84.2 Å². The first-order valence-electron chi connectivity index (χ1n) is 8.19. The molecule has 1 saturated heterocycles. The van der Waals surface area contributed by atoms with E-state index in [2.05, 4.69) is 20.4 Å². The normalized spacial score (nSPS) is 16.8. The van der Waals surface area contributed by atoms with Crippen LogP contribution in [0.25, 0.3) is 11.5 Å². The molecule has 1 N–H and O–H groups in total. The van der Waals surface area contributed by atoms with Gasteiger partial charge in [0, 0.05) is 18.4 Å². The lowest BCUT2D eigenvalue weighted by atomic mass is 10.2. The van der Waals surface area contributed by atoms with Gasteiger partial charge < -0.3 is 14.7 Å². The van der Waals surface area contributed by atoms with Crippen LogP contribution in [0.1, 0.15) is 24.8 Å². The minimum absolute atomic E-state index is 0.161. The van der Waals surface area contributed by atoms with Crippen LogP contribution in [0.3, 0.4) is 0 Å². The van der Waals surface area contributed by atoms with E-state index in [0.29, 0.717) is 24.0 Å². The van der Waals surface area contributed by atoms with E-state index in [1.54, 1.807) is 11.1 Å². The van der Waals surface area contributed by atoms with Gasteiger partial charge in [-0.1, -0.05) is 29.4 Å². The Morgan fingerprint density at radius 1 is 1.16 bits per heavy atom. The minimum atomic E-state index is -0.214. The second-order valence-corrected chi connectivity index (χ2v) is 5.82. The molecule has 1 unspecified atom stereocenters. The van der Waals surface area contributed by atoms with E-state index < -0.39 is 0 Å². The molecule has 0 spiro atoms. The van der Waals surface area contributed by atoms with Gasteiger partial charge in [0.25, 0.3) is 0 Å². The molecule has 1 fully saturated rings. The van der Waals surface area contributed by atoms with E-state index in [4.69, 9.17) is 4.52 Å². The van der Waals surface area contributed by atoms with Crippen molar-refractivity contribution < 1.29 is 9.32 Å². The Bertz CT molecular complexity index is 850. The van der Waals surface area contributed by atoms with Crippen LogP contribution in [0.5, 0.6) is 0 Å². The summed E-state index contributed by atoms with van der Waals surface area (Å²) in [5.74, 6) is 0.882. The van der Waals surface area contributed by atoms with Crippen LogP contribution in [-0.4, -0.2) is 32.6 Å². The number of likely N-dealkylation sites (tertiary alicyclic amines) is 1. The third-order valence-corrected chi connectivity index (χ3v) is 4.16. The van der Waals surface area contributed by atoms with Crippen LogP contribution in [-0.2, 0) is 0 Å². The molecule has 0 bridgehead atoms. The zero-order valence-corrected chi connectivity index (χ0v) is 13.5. The van der Waals surface area contributed by atoms with Gasteiger partial charge in [-0.3, -0.25) is 4.98 Å². The molecular formula is C18H17N5O2. The van der Waals surface area contributed by atoms with E-state index in [1.807, 2.05) is 48.5 Å². The fraction of sp³-hybridized carbons (Fsp3) is 0.222. The lowest BCUT2D eigenvalue weighted by molar-refractivity contribution is 0.193. The first-order valence-corrected chi connectivity index (χ1v) is 8.19. The summed E-state index contributed by atoms with van der Waals surface area (Å²) in [7, 11) is 0. The number of para-hydroxylation sites is 1. The van der Waals surface area contributed by atoms with E-state index in [-0.39, 0.29) is 12.1 Å². The fourth-order valence-electron chi connectivity index (χ4n) is 2.95. The van der Waals surface area contributed by atoms with Crippen molar-refractivity contribution in [2.45, 2.75) is 18.9 Å². The first kappa shape index (κ1) is 15.3. The molecule has 7 heteroatoms. The monoisotopic (exact) mass is 335 g/mol. The van der Waals surface area contributed by atoms with Crippen LogP contribution < -0.4 is 5.32 Å². The van der Waals surface area contributed by atoms with Gasteiger partial charge in [-0.05, 0) is 37.1 Å². The van der Waals surface area contributed by atoms with Crippen LogP contribution in [0.2, 0.25) is 0 Å². The highest BCUT2D eigenvalue weighted by atomic mass is 16.5. The smallest absolute Gasteiger partial charge is 0.322 e. The number of rotatable bonds is 3. The molecule has 1 aliphatic heterocycles. The number of anilines is 1. The average Bonchev–Trinajstić information content (AvgIpc) is 3.32. The average molecular weight is 335 g/mol. The molecule has 25 heavy (non-hydrogen) atoms. The summed E-state index contributed by atoms with van der Waals surface area (Å²) in [6.07, 6.45) is 3.38. The summed E-state index contributed by atoms with van der Waals surface area (Å²) < 4.78 is 5.41. The van der Waals surface area contributed by atoms with Gasteiger partial charge in [0.05, 0.1) is 0 Å². The summed E-state index contributed by atoms with van der Waals surface area (Å²) in [5, 5.41) is 6.91. The second kappa shape index (κ2) is 6.72. The lowest BCUT2D eigenvalue weighted by Crippen LogP contribution is -2.34. The molecule has 1 atom stereocenters. The van der Waals surface area contributed by atoms with Crippen LogP contribution >= 0.6 is 0 Å². The number of hydrogen-bond donors (Lipinski definition) is 1. The van der Waals surface area contributed by atoms with Crippen molar-refractivity contribution in [3.05, 3.63) is 60.6 Å². The Kier molecular flexibility index (Phi) is 4.12. The molecule has 7 nitrogen and oxygen atoms in total. The molecule has 3 heterocycles. The van der Waals surface area contributed by atoms with Crippen molar-refractivity contribution in [1.82, 2.24) is 20.0 Å². The van der Waals surface area contributed by atoms with E-state index in [9.17, 15) is 4.79 Å². The minimum Gasteiger partial charge on any atom is -0.337 e. The predicted octanol–water partition coefficient (Wildman–Crippen LogP) is 3.50. The molecule has 2 amide bonds. The fourth-order valence-corrected chi connectivity index (χ4v) is 2.95. The standard InChI is InChI=1S/C18H17N5O2/c24-18(20-13-7-2-1-3-8-13)23-12-6-10-15(23)17-21-16(22-25-17)14-9-4-5-11-19-14/h1-5,7-9,11,15H,6,10,12H2,(H,20,24). The molecular weight excluding hydrogens is 318 g/mol. The van der Waals surface area contributed by atoms with Crippen molar-refractivity contribution in [1.29, 1.82) is 0 Å². The highest BCUT2D eigenvalue weighted by Gasteiger charge is 2.34. The van der Waals surface area contributed by atoms with Crippen LogP contribution in [0, 0.1) is 0 Å². The van der Waals surface area contributed by atoms with Gasteiger partial charge in [-0.25, -0.2) is 4.79 Å². The van der Waals surface area contributed by atoms with Gasteiger partial charge in [0.1, 0.15) is 11.7 Å². The molecule has 1 aliphatic rings. The number of carbonyl (C=O) groups excluding carboxylic acids is 1. The van der Waals surface area contributed by atoms with Crippen molar-refractivity contribution in [3.63, 3.8) is 0 Å². The zero-order valence-electron chi connectivity index (χ0n) is 13.5. The number of aromatic nitrogens is 3. The molecule has 3 aromatic rings. The summed E-state index contributed by atoms with van der Waals surface area (Å²) in [6, 6.07) is 14.5. The number of hydrogen-bond acceptors (Lipinski definition) is 5. The van der Waals surface area contributed by atoms with E-state index in [0.717, 1.165) is 18.5 Å². The largest absolute Gasteiger partial charge is 0.337 e. The highest BCUT2D eigenvalue weighted by Crippen LogP contribution is 2.32. The Morgan fingerprint density at radius 3 is 2.80 bits per heavy atom. The molecule has 0 radical (unpaired) electrons. The maximum atomic E-state index is 12.6. The van der Waals surface area contributed by atoms with Crippen molar-refractivity contribution in [3.8, 4) is 11.5 Å². The van der Waals surface area contributed by atoms with Gasteiger partial charge in [0.15, 0.2) is 0 Å². The first-order chi connectivity index (χ1) is 12.3. The zero-order chi connectivity index (χ0) is 17.1. The maximum Gasteiger partial charge on any atom is 0.322 e.